The van der Waals surface area contributed by atoms with Gasteiger partial charge in [0.15, 0.2) is 0 Å². The summed E-state index contributed by atoms with van der Waals surface area (Å²) in [6, 6.07) is 0. The summed E-state index contributed by atoms with van der Waals surface area (Å²) in [5.41, 5.74) is 2.58. The molecule has 0 bridgehead atoms. The summed E-state index contributed by atoms with van der Waals surface area (Å²) in [6.45, 7) is 4.34. The predicted molar refractivity (Wildman–Crippen MR) is 76.2 cm³/mol. The van der Waals surface area contributed by atoms with Crippen LogP contribution in [0.2, 0.25) is 0 Å². The Balaban J connectivity index is 3.21. The summed E-state index contributed by atoms with van der Waals surface area (Å²) in [7, 11) is 4.11. The van der Waals surface area contributed by atoms with Crippen molar-refractivity contribution in [3.05, 3.63) is 35.2 Å². The lowest BCUT2D eigenvalue weighted by molar-refractivity contribution is 0.503. The molecule has 94 valence electrons. The summed E-state index contributed by atoms with van der Waals surface area (Å²) in [6.07, 6.45) is 13.2. The Bertz CT molecular complexity index is 357. The maximum Gasteiger partial charge on any atom is 0.135 e. The van der Waals surface area contributed by atoms with Crippen molar-refractivity contribution in [2.24, 2.45) is 4.99 Å². The Kier molecular flexibility index (Phi) is 5.75. The molecule has 0 atom stereocenters. The van der Waals surface area contributed by atoms with E-state index < -0.39 is 0 Å². The summed E-state index contributed by atoms with van der Waals surface area (Å²) in [5.74, 6) is 1.06. The van der Waals surface area contributed by atoms with E-state index >= 15 is 0 Å². The Morgan fingerprint density at radius 3 is 2.76 bits per heavy atom. The van der Waals surface area contributed by atoms with Gasteiger partial charge in [-0.15, -0.1) is 0 Å². The highest BCUT2D eigenvalue weighted by Gasteiger charge is 2.08. The van der Waals surface area contributed by atoms with Gasteiger partial charge in [-0.05, 0) is 38.2 Å². The SMILES string of the molecule is CC\C=C/C1=C(N(C)C)/N=C\CCC\C=C\1C. The molecule has 0 unspecified atom stereocenters. The van der Waals surface area contributed by atoms with Gasteiger partial charge in [0.2, 0.25) is 0 Å². The van der Waals surface area contributed by atoms with Gasteiger partial charge in [-0.25, -0.2) is 4.99 Å². The fourth-order valence-electron chi connectivity index (χ4n) is 1.83. The standard InChI is InChI=1S/C15H24N2/c1-5-6-11-14-13(2)10-8-7-9-12-16-15(14)17(3)4/h6,10-12H,5,7-9H2,1-4H3/b11-6-,13-10+,15-14+,16-12-. The second-order valence-electron chi connectivity index (χ2n) is 4.57. The molecule has 1 aliphatic heterocycles. The Hall–Kier alpha value is -1.31. The largest absolute Gasteiger partial charge is 0.362 e. The molecule has 0 fully saturated rings. The molecule has 0 N–H and O–H groups in total. The van der Waals surface area contributed by atoms with Crippen LogP contribution in [0.25, 0.3) is 0 Å². The van der Waals surface area contributed by atoms with Crippen LogP contribution in [0.1, 0.15) is 39.5 Å². The van der Waals surface area contributed by atoms with Crippen LogP contribution < -0.4 is 0 Å². The van der Waals surface area contributed by atoms with Crippen molar-refractivity contribution in [1.29, 1.82) is 0 Å². The molecule has 0 saturated heterocycles. The second-order valence-corrected chi connectivity index (χ2v) is 4.57. The molecule has 0 aromatic rings. The van der Waals surface area contributed by atoms with Crippen molar-refractivity contribution in [2.45, 2.75) is 39.5 Å². The van der Waals surface area contributed by atoms with Crippen molar-refractivity contribution in [1.82, 2.24) is 4.90 Å². The predicted octanol–water partition coefficient (Wildman–Crippen LogP) is 3.93. The lowest BCUT2D eigenvalue weighted by atomic mass is 10.0. The fraction of sp³-hybridized carbons (Fsp3) is 0.533. The smallest absolute Gasteiger partial charge is 0.135 e. The zero-order valence-corrected chi connectivity index (χ0v) is 11.5. The first-order valence-electron chi connectivity index (χ1n) is 6.44. The van der Waals surface area contributed by atoms with Crippen molar-refractivity contribution in [3.63, 3.8) is 0 Å². The van der Waals surface area contributed by atoms with Gasteiger partial charge in [-0.1, -0.05) is 25.2 Å². The van der Waals surface area contributed by atoms with Gasteiger partial charge in [0.05, 0.1) is 0 Å². The first kappa shape index (κ1) is 13.8. The van der Waals surface area contributed by atoms with E-state index in [1.165, 1.54) is 17.6 Å². The fourth-order valence-corrected chi connectivity index (χ4v) is 1.83. The zero-order valence-electron chi connectivity index (χ0n) is 11.5. The monoisotopic (exact) mass is 232 g/mol. The van der Waals surface area contributed by atoms with Crippen molar-refractivity contribution >= 4 is 6.21 Å². The normalized spacial score (nSPS) is 26.9. The molecular formula is C15H24N2. The highest BCUT2D eigenvalue weighted by molar-refractivity contribution is 5.60. The molecule has 0 amide bonds. The zero-order chi connectivity index (χ0) is 12.7. The molecule has 0 aromatic carbocycles. The van der Waals surface area contributed by atoms with Crippen LogP contribution in [0.3, 0.4) is 0 Å². The third-order valence-corrected chi connectivity index (χ3v) is 2.81. The first-order chi connectivity index (χ1) is 8.16. The summed E-state index contributed by atoms with van der Waals surface area (Å²) < 4.78 is 0. The minimum absolute atomic E-state index is 1.06. The van der Waals surface area contributed by atoms with Gasteiger partial charge >= 0.3 is 0 Å². The van der Waals surface area contributed by atoms with Crippen LogP contribution in [-0.4, -0.2) is 25.2 Å². The van der Waals surface area contributed by atoms with E-state index in [1.54, 1.807) is 0 Å². The van der Waals surface area contributed by atoms with Gasteiger partial charge in [-0.2, -0.15) is 0 Å². The van der Waals surface area contributed by atoms with E-state index in [9.17, 15) is 0 Å². The molecule has 1 heterocycles. The van der Waals surface area contributed by atoms with E-state index in [0.717, 1.165) is 25.1 Å². The number of hydrogen-bond acceptors (Lipinski definition) is 2. The maximum atomic E-state index is 4.62. The molecule has 1 rings (SSSR count). The van der Waals surface area contributed by atoms with Gasteiger partial charge < -0.3 is 4.90 Å². The average molecular weight is 232 g/mol. The van der Waals surface area contributed by atoms with Crippen molar-refractivity contribution in [3.8, 4) is 0 Å². The van der Waals surface area contributed by atoms with Gasteiger partial charge in [0, 0.05) is 25.9 Å². The van der Waals surface area contributed by atoms with Crippen LogP contribution in [0.4, 0.5) is 0 Å². The van der Waals surface area contributed by atoms with Crippen molar-refractivity contribution in [2.75, 3.05) is 14.1 Å². The number of allylic oxidation sites excluding steroid dienone is 5. The minimum atomic E-state index is 1.06. The third kappa shape index (κ3) is 4.22. The lowest BCUT2D eigenvalue weighted by Crippen LogP contribution is -2.12. The molecule has 2 heteroatoms. The molecule has 17 heavy (non-hydrogen) atoms. The van der Waals surface area contributed by atoms with Crippen LogP contribution in [0, 0.1) is 0 Å². The second kappa shape index (κ2) is 7.10. The summed E-state index contributed by atoms with van der Waals surface area (Å²) >= 11 is 0. The number of rotatable bonds is 3. The third-order valence-electron chi connectivity index (χ3n) is 2.81. The van der Waals surface area contributed by atoms with Crippen LogP contribution in [0.15, 0.2) is 40.2 Å². The molecule has 0 aromatic heterocycles. The maximum absolute atomic E-state index is 4.62. The Morgan fingerprint density at radius 1 is 1.35 bits per heavy atom. The minimum Gasteiger partial charge on any atom is -0.362 e. The van der Waals surface area contributed by atoms with E-state index in [0.29, 0.717) is 0 Å². The summed E-state index contributed by atoms with van der Waals surface area (Å²) in [4.78, 5) is 6.71. The summed E-state index contributed by atoms with van der Waals surface area (Å²) in [5, 5.41) is 0. The number of aliphatic imine (C=N–C) groups is 1. The van der Waals surface area contributed by atoms with E-state index in [-0.39, 0.29) is 0 Å². The van der Waals surface area contributed by atoms with Crippen molar-refractivity contribution < 1.29 is 0 Å². The van der Waals surface area contributed by atoms with E-state index in [1.807, 2.05) is 6.21 Å². The average Bonchev–Trinajstić information content (AvgIpc) is 2.38. The van der Waals surface area contributed by atoms with Gasteiger partial charge in [0.1, 0.15) is 5.82 Å². The highest BCUT2D eigenvalue weighted by atomic mass is 15.2. The van der Waals surface area contributed by atoms with Gasteiger partial charge in [-0.3, -0.25) is 0 Å². The number of hydrogen-bond donors (Lipinski definition) is 0. The molecule has 1 aliphatic rings. The van der Waals surface area contributed by atoms with Crippen LogP contribution in [0.5, 0.6) is 0 Å². The van der Waals surface area contributed by atoms with Gasteiger partial charge in [0.25, 0.3) is 0 Å². The van der Waals surface area contributed by atoms with Crippen LogP contribution in [-0.2, 0) is 0 Å². The topological polar surface area (TPSA) is 15.6 Å². The lowest BCUT2D eigenvalue weighted by Gasteiger charge is -2.17. The highest BCUT2D eigenvalue weighted by Crippen LogP contribution is 2.21. The van der Waals surface area contributed by atoms with E-state index in [2.05, 4.69) is 56.1 Å². The molecule has 0 spiro atoms. The molecule has 0 radical (unpaired) electrons. The quantitative estimate of drug-likeness (QED) is 0.720. The van der Waals surface area contributed by atoms with Crippen LogP contribution >= 0.6 is 0 Å². The Labute approximate surface area is 105 Å². The molecule has 0 saturated carbocycles. The first-order valence-corrected chi connectivity index (χ1v) is 6.44. The Morgan fingerprint density at radius 2 is 2.12 bits per heavy atom. The number of nitrogens with zero attached hydrogens (tertiary/aromatic N) is 2. The molecule has 0 aliphatic carbocycles. The van der Waals surface area contributed by atoms with E-state index in [4.69, 9.17) is 0 Å². The molecular weight excluding hydrogens is 208 g/mol. The molecule has 2 nitrogen and oxygen atoms in total.